The van der Waals surface area contributed by atoms with Gasteiger partial charge in [0.25, 0.3) is 0 Å². The van der Waals surface area contributed by atoms with E-state index in [-0.39, 0.29) is 0 Å². The minimum Gasteiger partial charge on any atom is -0.449 e. The molecule has 0 saturated heterocycles. The fourth-order valence-electron chi connectivity index (χ4n) is 2.01. The molecule has 1 aromatic carbocycles. The monoisotopic (exact) mass is 343 g/mol. The molecular weight excluding hydrogens is 330 g/mol. The number of oxazole rings is 1. The maximum Gasteiger partial charge on any atom is 0.191 e. The number of nitrogens with zero attached hydrogens (tertiary/aromatic N) is 2. The van der Waals surface area contributed by atoms with Crippen LogP contribution in [0.2, 0.25) is 0 Å². The van der Waals surface area contributed by atoms with Crippen molar-refractivity contribution in [2.75, 3.05) is 5.32 Å². The maximum absolute atomic E-state index is 5.23. The van der Waals surface area contributed by atoms with E-state index in [1.54, 1.807) is 12.5 Å². The van der Waals surface area contributed by atoms with Gasteiger partial charge in [-0.25, -0.2) is 4.98 Å². The highest BCUT2D eigenvalue weighted by atomic mass is 79.9. The second-order valence-electron chi connectivity index (χ2n) is 4.69. The van der Waals surface area contributed by atoms with Gasteiger partial charge >= 0.3 is 0 Å². The fourth-order valence-corrected chi connectivity index (χ4v) is 2.42. The van der Waals surface area contributed by atoms with Crippen molar-refractivity contribution in [3.05, 3.63) is 64.9 Å². The molecule has 0 radical (unpaired) electrons. The van der Waals surface area contributed by atoms with E-state index >= 15 is 0 Å². The summed E-state index contributed by atoms with van der Waals surface area (Å²) in [5.74, 6) is 0.675. The van der Waals surface area contributed by atoms with Gasteiger partial charge in [0, 0.05) is 41.6 Å². The number of rotatable bonds is 4. The molecule has 0 atom stereocenters. The summed E-state index contributed by atoms with van der Waals surface area (Å²) in [6.45, 7) is 2.57. The molecule has 1 N–H and O–H groups in total. The van der Waals surface area contributed by atoms with Crippen molar-refractivity contribution in [2.45, 2.75) is 13.5 Å². The van der Waals surface area contributed by atoms with Crippen LogP contribution in [0.5, 0.6) is 0 Å². The van der Waals surface area contributed by atoms with Gasteiger partial charge in [0.15, 0.2) is 5.89 Å². The van der Waals surface area contributed by atoms with Crippen molar-refractivity contribution in [1.82, 2.24) is 9.97 Å². The lowest BCUT2D eigenvalue weighted by molar-refractivity contribution is 0.521. The third-order valence-corrected chi connectivity index (χ3v) is 3.49. The highest BCUT2D eigenvalue weighted by Crippen LogP contribution is 2.21. The summed E-state index contributed by atoms with van der Waals surface area (Å²) in [6, 6.07) is 10.2. The Morgan fingerprint density at radius 3 is 2.67 bits per heavy atom. The number of hydrogen-bond acceptors (Lipinski definition) is 4. The Hall–Kier alpha value is -2.14. The lowest BCUT2D eigenvalue weighted by Gasteiger charge is -2.07. The number of benzene rings is 1. The van der Waals surface area contributed by atoms with E-state index in [0.717, 1.165) is 33.5 Å². The second kappa shape index (κ2) is 6.10. The molecule has 3 rings (SSSR count). The van der Waals surface area contributed by atoms with Gasteiger partial charge in [0.05, 0.1) is 0 Å². The highest BCUT2D eigenvalue weighted by molar-refractivity contribution is 9.10. The minimum absolute atomic E-state index is 0.675. The van der Waals surface area contributed by atoms with Crippen LogP contribution in [0.15, 0.2) is 57.9 Å². The molecule has 2 heterocycles. The molecule has 0 fully saturated rings. The van der Waals surface area contributed by atoms with E-state index in [1.165, 1.54) is 0 Å². The highest BCUT2D eigenvalue weighted by Gasteiger charge is 2.03. The molecule has 106 valence electrons. The number of anilines is 1. The maximum atomic E-state index is 5.23. The topological polar surface area (TPSA) is 51.0 Å². The summed E-state index contributed by atoms with van der Waals surface area (Å²) in [5, 5.41) is 3.37. The standard InChI is InChI=1S/C16H14BrN3O/c1-11-20-16(10-21-11)13-2-4-15(5-3-13)19-8-12-6-14(17)9-18-7-12/h2-7,9-10,19H,8H2,1H3. The van der Waals surface area contributed by atoms with Crippen molar-refractivity contribution in [3.63, 3.8) is 0 Å². The summed E-state index contributed by atoms with van der Waals surface area (Å²) in [7, 11) is 0. The van der Waals surface area contributed by atoms with E-state index in [0.29, 0.717) is 5.89 Å². The van der Waals surface area contributed by atoms with Crippen LogP contribution in [0, 0.1) is 6.92 Å². The Kier molecular flexibility index (Phi) is 4.01. The Morgan fingerprint density at radius 2 is 2.00 bits per heavy atom. The van der Waals surface area contributed by atoms with E-state index in [9.17, 15) is 0 Å². The van der Waals surface area contributed by atoms with Crippen molar-refractivity contribution in [1.29, 1.82) is 0 Å². The number of nitrogens with one attached hydrogen (secondary N) is 1. The summed E-state index contributed by atoms with van der Waals surface area (Å²) in [5.41, 5.74) is 4.08. The molecule has 0 aliphatic carbocycles. The predicted octanol–water partition coefficient (Wildman–Crippen LogP) is 4.42. The molecule has 2 aromatic heterocycles. The predicted molar refractivity (Wildman–Crippen MR) is 85.9 cm³/mol. The smallest absolute Gasteiger partial charge is 0.191 e. The third kappa shape index (κ3) is 3.49. The molecule has 0 bridgehead atoms. The average Bonchev–Trinajstić information content (AvgIpc) is 2.92. The first-order valence-electron chi connectivity index (χ1n) is 6.56. The van der Waals surface area contributed by atoms with Gasteiger partial charge in [-0.05, 0) is 39.7 Å². The van der Waals surface area contributed by atoms with Gasteiger partial charge in [-0.2, -0.15) is 0 Å². The molecule has 0 unspecified atom stereocenters. The fraction of sp³-hybridized carbons (Fsp3) is 0.125. The van der Waals surface area contributed by atoms with E-state index < -0.39 is 0 Å². The number of hydrogen-bond donors (Lipinski definition) is 1. The summed E-state index contributed by atoms with van der Waals surface area (Å²) in [6.07, 6.45) is 5.30. The third-order valence-electron chi connectivity index (χ3n) is 3.06. The molecule has 0 spiro atoms. The molecule has 3 aromatic rings. The van der Waals surface area contributed by atoms with Crippen molar-refractivity contribution in [3.8, 4) is 11.3 Å². The van der Waals surface area contributed by atoms with Gasteiger partial charge in [-0.15, -0.1) is 0 Å². The van der Waals surface area contributed by atoms with Gasteiger partial charge in [-0.1, -0.05) is 12.1 Å². The Bertz CT molecular complexity index is 737. The van der Waals surface area contributed by atoms with E-state index in [1.807, 2.05) is 43.5 Å². The van der Waals surface area contributed by atoms with E-state index in [2.05, 4.69) is 31.2 Å². The first-order valence-corrected chi connectivity index (χ1v) is 7.36. The zero-order valence-electron chi connectivity index (χ0n) is 11.5. The summed E-state index contributed by atoms with van der Waals surface area (Å²) >= 11 is 3.42. The molecule has 4 nitrogen and oxygen atoms in total. The van der Waals surface area contributed by atoms with Crippen LogP contribution in [0.25, 0.3) is 11.3 Å². The minimum atomic E-state index is 0.675. The summed E-state index contributed by atoms with van der Waals surface area (Å²) < 4.78 is 6.21. The van der Waals surface area contributed by atoms with Crippen molar-refractivity contribution < 1.29 is 4.42 Å². The van der Waals surface area contributed by atoms with Gasteiger partial charge in [0.2, 0.25) is 0 Å². The van der Waals surface area contributed by atoms with Crippen LogP contribution in [0.4, 0.5) is 5.69 Å². The van der Waals surface area contributed by atoms with Crippen molar-refractivity contribution in [2.24, 2.45) is 0 Å². The Labute approximate surface area is 131 Å². The first kappa shape index (κ1) is 13.8. The number of aryl methyl sites for hydroxylation is 1. The zero-order chi connectivity index (χ0) is 14.7. The first-order chi connectivity index (χ1) is 10.2. The molecule has 0 aliphatic heterocycles. The van der Waals surface area contributed by atoms with Crippen LogP contribution in [-0.2, 0) is 6.54 Å². The molecule has 0 amide bonds. The van der Waals surface area contributed by atoms with Crippen LogP contribution >= 0.6 is 15.9 Å². The normalized spacial score (nSPS) is 10.6. The molecule has 0 aliphatic rings. The molecule has 5 heteroatoms. The Morgan fingerprint density at radius 1 is 1.19 bits per heavy atom. The van der Waals surface area contributed by atoms with Crippen LogP contribution < -0.4 is 5.32 Å². The van der Waals surface area contributed by atoms with Crippen LogP contribution in [-0.4, -0.2) is 9.97 Å². The average molecular weight is 344 g/mol. The SMILES string of the molecule is Cc1nc(-c2ccc(NCc3cncc(Br)c3)cc2)co1. The lowest BCUT2D eigenvalue weighted by Crippen LogP contribution is -1.99. The largest absolute Gasteiger partial charge is 0.449 e. The van der Waals surface area contributed by atoms with Crippen LogP contribution in [0.1, 0.15) is 11.5 Å². The number of halogens is 1. The molecule has 21 heavy (non-hydrogen) atoms. The summed E-state index contributed by atoms with van der Waals surface area (Å²) in [4.78, 5) is 8.46. The zero-order valence-corrected chi connectivity index (χ0v) is 13.1. The van der Waals surface area contributed by atoms with Gasteiger partial charge < -0.3 is 9.73 Å². The number of pyridine rings is 1. The molecular formula is C16H14BrN3O. The quantitative estimate of drug-likeness (QED) is 0.761. The van der Waals surface area contributed by atoms with Crippen LogP contribution in [0.3, 0.4) is 0 Å². The molecule has 0 saturated carbocycles. The van der Waals surface area contributed by atoms with E-state index in [4.69, 9.17) is 4.42 Å². The lowest BCUT2D eigenvalue weighted by atomic mass is 10.1. The van der Waals surface area contributed by atoms with Gasteiger partial charge in [0.1, 0.15) is 12.0 Å². The Balaban J connectivity index is 1.67. The number of aromatic nitrogens is 2. The van der Waals surface area contributed by atoms with Gasteiger partial charge in [-0.3, -0.25) is 4.98 Å². The second-order valence-corrected chi connectivity index (χ2v) is 5.61. The van der Waals surface area contributed by atoms with Crippen molar-refractivity contribution >= 4 is 21.6 Å².